The quantitative estimate of drug-likeness (QED) is 0.812. The third-order valence-electron chi connectivity index (χ3n) is 1.67. The van der Waals surface area contributed by atoms with Gasteiger partial charge in [0.1, 0.15) is 0 Å². The van der Waals surface area contributed by atoms with Crippen molar-refractivity contribution in [3.05, 3.63) is 20.8 Å². The molecule has 0 fully saturated rings. The van der Waals surface area contributed by atoms with Crippen molar-refractivity contribution in [3.8, 4) is 0 Å². The van der Waals surface area contributed by atoms with Gasteiger partial charge in [-0.15, -0.1) is 22.9 Å². The fourth-order valence-electron chi connectivity index (χ4n) is 0.990. The van der Waals surface area contributed by atoms with Crippen LogP contribution in [0.5, 0.6) is 0 Å². The number of alkyl halides is 1. The van der Waals surface area contributed by atoms with Gasteiger partial charge < -0.3 is 0 Å². The molecule has 0 bridgehead atoms. The van der Waals surface area contributed by atoms with Crippen molar-refractivity contribution < 1.29 is 8.42 Å². The van der Waals surface area contributed by atoms with E-state index in [1.807, 2.05) is 12.1 Å². The Morgan fingerprint density at radius 2 is 2.20 bits per heavy atom. The smallest absolute Gasteiger partial charge is 0.212 e. The summed E-state index contributed by atoms with van der Waals surface area (Å²) in [4.78, 5) is 1.15. The van der Waals surface area contributed by atoms with Crippen LogP contribution in [0.3, 0.4) is 0 Å². The standard InChI is InChI=1S/C8H11BrClNO2S2/c9-8-2-1-7(14-8)3-5-11-15(12,13)6-4-10/h1-2,11H,3-6H2. The Kier molecular flexibility index (Phi) is 5.56. The second-order valence-corrected chi connectivity index (χ2v) is 7.71. The van der Waals surface area contributed by atoms with Gasteiger partial charge >= 0.3 is 0 Å². The normalized spacial score (nSPS) is 11.9. The number of halogens is 2. The zero-order chi connectivity index (χ0) is 11.3. The highest BCUT2D eigenvalue weighted by molar-refractivity contribution is 9.11. The first kappa shape index (κ1) is 13.4. The molecule has 0 aliphatic heterocycles. The molecule has 0 atom stereocenters. The number of nitrogens with one attached hydrogen (secondary N) is 1. The molecule has 0 amide bonds. The summed E-state index contributed by atoms with van der Waals surface area (Å²) >= 11 is 10.3. The second-order valence-electron chi connectivity index (χ2n) is 2.86. The van der Waals surface area contributed by atoms with Crippen LogP contribution in [0.25, 0.3) is 0 Å². The summed E-state index contributed by atoms with van der Waals surface area (Å²) in [5.41, 5.74) is 0. The van der Waals surface area contributed by atoms with Crippen molar-refractivity contribution in [2.75, 3.05) is 18.2 Å². The van der Waals surface area contributed by atoms with Gasteiger partial charge in [0.25, 0.3) is 0 Å². The van der Waals surface area contributed by atoms with Gasteiger partial charge in [0.05, 0.1) is 9.54 Å². The maximum absolute atomic E-state index is 11.2. The number of rotatable bonds is 6. The van der Waals surface area contributed by atoms with Gasteiger partial charge in [0.2, 0.25) is 10.0 Å². The first-order chi connectivity index (χ1) is 7.03. The van der Waals surface area contributed by atoms with Gasteiger partial charge in [0.15, 0.2) is 0 Å². The molecular formula is C8H11BrClNO2S2. The summed E-state index contributed by atoms with van der Waals surface area (Å²) in [5.74, 6) is 0.0998. The molecule has 1 N–H and O–H groups in total. The van der Waals surface area contributed by atoms with E-state index < -0.39 is 10.0 Å². The van der Waals surface area contributed by atoms with E-state index in [4.69, 9.17) is 11.6 Å². The summed E-state index contributed by atoms with van der Waals surface area (Å²) < 4.78 is 26.0. The van der Waals surface area contributed by atoms with Crippen LogP contribution in [0.2, 0.25) is 0 Å². The molecule has 0 radical (unpaired) electrons. The molecule has 7 heteroatoms. The lowest BCUT2D eigenvalue weighted by Crippen LogP contribution is -2.28. The summed E-state index contributed by atoms with van der Waals surface area (Å²) in [6, 6.07) is 3.93. The van der Waals surface area contributed by atoms with Gasteiger partial charge in [-0.2, -0.15) is 0 Å². The van der Waals surface area contributed by atoms with E-state index in [2.05, 4.69) is 20.7 Å². The molecule has 3 nitrogen and oxygen atoms in total. The molecule has 0 aliphatic carbocycles. The van der Waals surface area contributed by atoms with Crippen LogP contribution in [-0.2, 0) is 16.4 Å². The number of thiophene rings is 1. The largest absolute Gasteiger partial charge is 0.215 e. The molecule has 86 valence electrons. The fourth-order valence-corrected chi connectivity index (χ4v) is 3.84. The van der Waals surface area contributed by atoms with E-state index >= 15 is 0 Å². The number of sulfonamides is 1. The van der Waals surface area contributed by atoms with Crippen molar-refractivity contribution in [1.29, 1.82) is 0 Å². The maximum Gasteiger partial charge on any atom is 0.212 e. The van der Waals surface area contributed by atoms with Crippen molar-refractivity contribution in [1.82, 2.24) is 4.72 Å². The Bertz CT molecular complexity index is 405. The lowest BCUT2D eigenvalue weighted by atomic mass is 10.3. The first-order valence-corrected chi connectivity index (χ1v) is 8.10. The average Bonchev–Trinajstić information content (AvgIpc) is 2.51. The van der Waals surface area contributed by atoms with Crippen LogP contribution in [0.4, 0.5) is 0 Å². The van der Waals surface area contributed by atoms with Crippen LogP contribution >= 0.6 is 38.9 Å². The van der Waals surface area contributed by atoms with Crippen LogP contribution in [0, 0.1) is 0 Å². The Hall–Kier alpha value is 0.380. The Balaban J connectivity index is 2.33. The molecular weight excluding hydrogens is 322 g/mol. The SMILES string of the molecule is O=S(=O)(CCCl)NCCc1ccc(Br)s1. The van der Waals surface area contributed by atoms with E-state index in [0.717, 1.165) is 8.66 Å². The van der Waals surface area contributed by atoms with Gasteiger partial charge in [-0.1, -0.05) is 0 Å². The maximum atomic E-state index is 11.2. The first-order valence-electron chi connectivity index (χ1n) is 4.31. The lowest BCUT2D eigenvalue weighted by Gasteiger charge is -2.03. The van der Waals surface area contributed by atoms with Crippen molar-refractivity contribution >= 4 is 48.9 Å². The summed E-state index contributed by atoms with van der Waals surface area (Å²) in [7, 11) is -3.18. The molecule has 1 aromatic heterocycles. The van der Waals surface area contributed by atoms with E-state index in [-0.39, 0.29) is 11.6 Å². The van der Waals surface area contributed by atoms with Gasteiger partial charge in [-0.05, 0) is 34.5 Å². The zero-order valence-electron chi connectivity index (χ0n) is 7.87. The third kappa shape index (κ3) is 5.31. The van der Waals surface area contributed by atoms with E-state index in [1.54, 1.807) is 11.3 Å². The molecule has 0 saturated carbocycles. The lowest BCUT2D eigenvalue weighted by molar-refractivity contribution is 0.583. The molecule has 1 heterocycles. The van der Waals surface area contributed by atoms with Crippen LogP contribution in [-0.4, -0.2) is 26.6 Å². The molecule has 1 rings (SSSR count). The highest BCUT2D eigenvalue weighted by atomic mass is 79.9. The molecule has 0 aromatic carbocycles. The summed E-state index contributed by atoms with van der Waals surface area (Å²) in [5, 5.41) is 0. The Morgan fingerprint density at radius 3 is 2.73 bits per heavy atom. The predicted octanol–water partition coefficient (Wildman–Crippen LogP) is 2.21. The van der Waals surface area contributed by atoms with Gasteiger partial charge in [0, 0.05) is 17.3 Å². The molecule has 1 aromatic rings. The topological polar surface area (TPSA) is 46.2 Å². The highest BCUT2D eigenvalue weighted by Gasteiger charge is 2.08. The minimum absolute atomic E-state index is 0.0251. The third-order valence-corrected chi connectivity index (χ3v) is 5.15. The average molecular weight is 333 g/mol. The Morgan fingerprint density at radius 1 is 1.47 bits per heavy atom. The zero-order valence-corrected chi connectivity index (χ0v) is 11.8. The monoisotopic (exact) mass is 331 g/mol. The summed E-state index contributed by atoms with van der Waals surface area (Å²) in [6.07, 6.45) is 0.706. The van der Waals surface area contributed by atoms with E-state index in [1.165, 1.54) is 0 Å². The van der Waals surface area contributed by atoms with Gasteiger partial charge in [-0.25, -0.2) is 13.1 Å². The van der Waals surface area contributed by atoms with Gasteiger partial charge in [-0.3, -0.25) is 0 Å². The molecule has 0 spiro atoms. The van der Waals surface area contributed by atoms with Crippen LogP contribution in [0.15, 0.2) is 15.9 Å². The minimum Gasteiger partial charge on any atom is -0.215 e. The van der Waals surface area contributed by atoms with Crippen molar-refractivity contribution in [2.45, 2.75) is 6.42 Å². The molecule has 0 saturated heterocycles. The van der Waals surface area contributed by atoms with Crippen molar-refractivity contribution in [3.63, 3.8) is 0 Å². The van der Waals surface area contributed by atoms with E-state index in [9.17, 15) is 8.42 Å². The van der Waals surface area contributed by atoms with Crippen LogP contribution in [0.1, 0.15) is 4.88 Å². The molecule has 0 aliphatic rings. The van der Waals surface area contributed by atoms with Crippen molar-refractivity contribution in [2.24, 2.45) is 0 Å². The molecule has 0 unspecified atom stereocenters. The second kappa shape index (κ2) is 6.20. The van der Waals surface area contributed by atoms with Crippen LogP contribution < -0.4 is 4.72 Å². The minimum atomic E-state index is -3.18. The highest BCUT2D eigenvalue weighted by Crippen LogP contribution is 2.22. The van der Waals surface area contributed by atoms with E-state index in [0.29, 0.717) is 13.0 Å². The predicted molar refractivity (Wildman–Crippen MR) is 68.2 cm³/mol. The Labute approximate surface area is 107 Å². The fraction of sp³-hybridized carbons (Fsp3) is 0.500. The number of hydrogen-bond acceptors (Lipinski definition) is 3. The summed E-state index contributed by atoms with van der Waals surface area (Å²) in [6.45, 7) is 0.423. The molecule has 15 heavy (non-hydrogen) atoms. The number of hydrogen-bond donors (Lipinski definition) is 1.